The molecule has 7 nitrogen and oxygen atoms in total. The molecule has 0 bridgehead atoms. The van der Waals surface area contributed by atoms with E-state index in [0.29, 0.717) is 0 Å². The lowest BCUT2D eigenvalue weighted by Crippen LogP contribution is -2.38. The summed E-state index contributed by atoms with van der Waals surface area (Å²) in [6.07, 6.45) is 0.00669. The third-order valence-electron chi connectivity index (χ3n) is 2.77. The molecule has 0 saturated carbocycles. The number of ether oxygens (including phenoxy) is 1. The van der Waals surface area contributed by atoms with Gasteiger partial charge in [-0.25, -0.2) is 0 Å². The van der Waals surface area contributed by atoms with Crippen LogP contribution in [0.15, 0.2) is 30.3 Å². The maximum Gasteiger partial charge on any atom is 0.325 e. The van der Waals surface area contributed by atoms with Crippen molar-refractivity contribution in [1.82, 2.24) is 10.6 Å². The average Bonchev–Trinajstić information content (AvgIpc) is 2.52. The molecule has 2 amide bonds. The zero-order valence-corrected chi connectivity index (χ0v) is 11.8. The number of methoxy groups -OCH3 is 1. The van der Waals surface area contributed by atoms with Gasteiger partial charge < -0.3 is 21.1 Å². The quantitative estimate of drug-likeness (QED) is 0.586. The minimum Gasteiger partial charge on any atom is -0.468 e. The van der Waals surface area contributed by atoms with Gasteiger partial charge in [-0.2, -0.15) is 0 Å². The Kier molecular flexibility index (Phi) is 6.90. The van der Waals surface area contributed by atoms with Crippen molar-refractivity contribution in [2.75, 3.05) is 20.2 Å². The van der Waals surface area contributed by atoms with Crippen molar-refractivity contribution in [2.24, 2.45) is 5.73 Å². The molecule has 114 valence electrons. The maximum atomic E-state index is 11.8. The summed E-state index contributed by atoms with van der Waals surface area (Å²) in [6, 6.07) is 8.55. The van der Waals surface area contributed by atoms with Crippen molar-refractivity contribution in [3.8, 4) is 0 Å². The van der Waals surface area contributed by atoms with E-state index < -0.39 is 12.0 Å². The highest BCUT2D eigenvalue weighted by Crippen LogP contribution is 2.16. The first-order chi connectivity index (χ1) is 10.1. The summed E-state index contributed by atoms with van der Waals surface area (Å²) in [7, 11) is 1.24. The highest BCUT2D eigenvalue weighted by molar-refractivity contribution is 5.83. The van der Waals surface area contributed by atoms with Crippen LogP contribution in [0.25, 0.3) is 0 Å². The largest absolute Gasteiger partial charge is 0.468 e. The van der Waals surface area contributed by atoms with Crippen molar-refractivity contribution < 1.29 is 19.1 Å². The van der Waals surface area contributed by atoms with Crippen molar-refractivity contribution in [1.29, 1.82) is 0 Å². The van der Waals surface area contributed by atoms with Crippen LogP contribution in [0.2, 0.25) is 0 Å². The predicted octanol–water partition coefficient (Wildman–Crippen LogP) is -0.518. The van der Waals surface area contributed by atoms with Gasteiger partial charge in [0, 0.05) is 0 Å². The predicted molar refractivity (Wildman–Crippen MR) is 76.0 cm³/mol. The van der Waals surface area contributed by atoms with Crippen molar-refractivity contribution in [3.05, 3.63) is 35.9 Å². The highest BCUT2D eigenvalue weighted by atomic mass is 16.5. The number of rotatable bonds is 7. The fourth-order valence-corrected chi connectivity index (χ4v) is 1.69. The normalized spacial score (nSPS) is 11.3. The Bertz CT molecular complexity index is 490. The lowest BCUT2D eigenvalue weighted by Gasteiger charge is -2.18. The molecular formula is C14H19N3O4. The van der Waals surface area contributed by atoms with E-state index in [1.165, 1.54) is 7.11 Å². The van der Waals surface area contributed by atoms with E-state index in [1.54, 1.807) is 12.1 Å². The van der Waals surface area contributed by atoms with Gasteiger partial charge in [-0.15, -0.1) is 0 Å². The first kappa shape index (κ1) is 16.6. The summed E-state index contributed by atoms with van der Waals surface area (Å²) < 4.78 is 4.43. The Morgan fingerprint density at radius 3 is 2.43 bits per heavy atom. The third-order valence-corrected chi connectivity index (χ3v) is 2.77. The van der Waals surface area contributed by atoms with Gasteiger partial charge in [-0.3, -0.25) is 14.4 Å². The molecule has 0 fully saturated rings. The molecule has 7 heteroatoms. The van der Waals surface area contributed by atoms with Gasteiger partial charge in [0.1, 0.15) is 6.54 Å². The van der Waals surface area contributed by atoms with Crippen LogP contribution in [0.1, 0.15) is 18.0 Å². The molecule has 1 atom stereocenters. The van der Waals surface area contributed by atoms with Crippen LogP contribution in [0.4, 0.5) is 0 Å². The number of nitrogens with two attached hydrogens (primary N) is 1. The molecule has 0 aliphatic rings. The first-order valence-corrected chi connectivity index (χ1v) is 6.44. The highest BCUT2D eigenvalue weighted by Gasteiger charge is 2.18. The van der Waals surface area contributed by atoms with E-state index in [2.05, 4.69) is 15.4 Å². The second kappa shape index (κ2) is 8.70. The standard InChI is InChI=1S/C14H19N3O4/c1-21-14(20)9-16-12(18)7-11(17-13(19)8-15)10-5-3-2-4-6-10/h2-6,11H,7-9,15H2,1H3,(H,16,18)(H,17,19)/t11-/m0/s1. The van der Waals surface area contributed by atoms with Gasteiger partial charge >= 0.3 is 5.97 Å². The minimum absolute atomic E-state index is 0.00669. The lowest BCUT2D eigenvalue weighted by molar-refractivity contribution is -0.141. The van der Waals surface area contributed by atoms with Crippen LogP contribution in [0.5, 0.6) is 0 Å². The second-order valence-corrected chi connectivity index (χ2v) is 4.29. The molecule has 0 aliphatic carbocycles. The molecule has 0 radical (unpaired) electrons. The fourth-order valence-electron chi connectivity index (χ4n) is 1.69. The van der Waals surface area contributed by atoms with Crippen molar-refractivity contribution in [2.45, 2.75) is 12.5 Å². The minimum atomic E-state index is -0.536. The number of nitrogens with one attached hydrogen (secondary N) is 2. The molecule has 0 spiro atoms. The molecule has 0 unspecified atom stereocenters. The van der Waals surface area contributed by atoms with Gasteiger partial charge in [0.2, 0.25) is 11.8 Å². The summed E-state index contributed by atoms with van der Waals surface area (Å²) in [5.74, 6) is -1.26. The van der Waals surface area contributed by atoms with Gasteiger partial charge in [-0.05, 0) is 5.56 Å². The number of carbonyl (C=O) groups is 3. The summed E-state index contributed by atoms with van der Waals surface area (Å²) >= 11 is 0. The molecule has 1 rings (SSSR count). The first-order valence-electron chi connectivity index (χ1n) is 6.44. The summed E-state index contributed by atoms with van der Waals surface area (Å²) in [5.41, 5.74) is 6.06. The molecule has 21 heavy (non-hydrogen) atoms. The Morgan fingerprint density at radius 1 is 1.19 bits per heavy atom. The summed E-state index contributed by atoms with van der Waals surface area (Å²) in [5, 5.41) is 5.10. The number of carbonyl (C=O) groups excluding carboxylic acids is 3. The Labute approximate surface area is 122 Å². The Hall–Kier alpha value is -2.41. The van der Waals surface area contributed by atoms with E-state index >= 15 is 0 Å². The second-order valence-electron chi connectivity index (χ2n) is 4.29. The fraction of sp³-hybridized carbons (Fsp3) is 0.357. The summed E-state index contributed by atoms with van der Waals surface area (Å²) in [6.45, 7) is -0.366. The lowest BCUT2D eigenvalue weighted by atomic mass is 10.0. The van der Waals surface area contributed by atoms with Crippen LogP contribution >= 0.6 is 0 Å². The Morgan fingerprint density at radius 2 is 1.86 bits per heavy atom. The van der Waals surface area contributed by atoms with Crippen LogP contribution in [0, 0.1) is 0 Å². The van der Waals surface area contributed by atoms with E-state index in [-0.39, 0.29) is 31.3 Å². The molecule has 1 aromatic rings. The van der Waals surface area contributed by atoms with Gasteiger partial charge in [0.05, 0.1) is 26.1 Å². The Balaban J connectivity index is 2.67. The molecular weight excluding hydrogens is 274 g/mol. The van der Waals surface area contributed by atoms with Gasteiger partial charge in [0.15, 0.2) is 0 Å². The van der Waals surface area contributed by atoms with Crippen molar-refractivity contribution >= 4 is 17.8 Å². The molecule has 1 aromatic carbocycles. The molecule has 0 aromatic heterocycles. The zero-order chi connectivity index (χ0) is 15.7. The topological polar surface area (TPSA) is 111 Å². The van der Waals surface area contributed by atoms with Crippen LogP contribution in [-0.2, 0) is 19.1 Å². The molecule has 0 heterocycles. The van der Waals surface area contributed by atoms with Crippen LogP contribution < -0.4 is 16.4 Å². The van der Waals surface area contributed by atoms with E-state index in [1.807, 2.05) is 18.2 Å². The number of amides is 2. The van der Waals surface area contributed by atoms with Crippen molar-refractivity contribution in [3.63, 3.8) is 0 Å². The number of benzene rings is 1. The third kappa shape index (κ3) is 6.05. The number of hydrogen-bond acceptors (Lipinski definition) is 5. The SMILES string of the molecule is COC(=O)CNC(=O)C[C@H](NC(=O)CN)c1ccccc1. The number of hydrogen-bond donors (Lipinski definition) is 3. The van der Waals surface area contributed by atoms with Gasteiger partial charge in [0.25, 0.3) is 0 Å². The number of esters is 1. The van der Waals surface area contributed by atoms with Crippen LogP contribution in [0.3, 0.4) is 0 Å². The zero-order valence-electron chi connectivity index (χ0n) is 11.8. The van der Waals surface area contributed by atoms with E-state index in [4.69, 9.17) is 5.73 Å². The molecule has 4 N–H and O–H groups in total. The maximum absolute atomic E-state index is 11.8. The molecule has 0 aliphatic heterocycles. The smallest absolute Gasteiger partial charge is 0.325 e. The molecule has 0 saturated heterocycles. The monoisotopic (exact) mass is 293 g/mol. The summed E-state index contributed by atoms with van der Waals surface area (Å²) in [4.78, 5) is 34.2. The average molecular weight is 293 g/mol. The van der Waals surface area contributed by atoms with E-state index in [0.717, 1.165) is 5.56 Å². The van der Waals surface area contributed by atoms with E-state index in [9.17, 15) is 14.4 Å². The van der Waals surface area contributed by atoms with Gasteiger partial charge in [-0.1, -0.05) is 30.3 Å². The van der Waals surface area contributed by atoms with Crippen LogP contribution in [-0.4, -0.2) is 38.0 Å².